The number of aryl methyl sites for hydroxylation is 1. The van der Waals surface area contributed by atoms with Crippen LogP contribution in [-0.2, 0) is 0 Å². The van der Waals surface area contributed by atoms with E-state index in [-0.39, 0.29) is 11.2 Å². The minimum absolute atomic E-state index is 0.164. The van der Waals surface area contributed by atoms with Crippen molar-refractivity contribution in [1.29, 1.82) is 0 Å². The number of hydrogen-bond donors (Lipinski definition) is 3. The van der Waals surface area contributed by atoms with Crippen LogP contribution in [0.1, 0.15) is 11.1 Å². The van der Waals surface area contributed by atoms with Crippen LogP contribution in [0.25, 0.3) is 11.0 Å². The van der Waals surface area contributed by atoms with Crippen molar-refractivity contribution in [3.63, 3.8) is 0 Å². The highest BCUT2D eigenvalue weighted by Gasteiger charge is 2.08. The third-order valence-electron chi connectivity index (χ3n) is 2.46. The van der Waals surface area contributed by atoms with Crippen LogP contribution in [0.5, 0.6) is 0 Å². The summed E-state index contributed by atoms with van der Waals surface area (Å²) < 4.78 is 0. The van der Waals surface area contributed by atoms with Gasteiger partial charge >= 0.3 is 5.69 Å². The van der Waals surface area contributed by atoms with Crippen molar-refractivity contribution in [2.24, 2.45) is 0 Å². The van der Waals surface area contributed by atoms with E-state index in [1.807, 2.05) is 0 Å². The lowest BCUT2D eigenvalue weighted by Crippen LogP contribution is -2.26. The molecule has 0 aromatic carbocycles. The molecule has 2 rings (SSSR count). The summed E-state index contributed by atoms with van der Waals surface area (Å²) in [5, 5.41) is 0.312. The molecule has 0 aliphatic rings. The van der Waals surface area contributed by atoms with Gasteiger partial charge < -0.3 is 4.98 Å². The fourth-order valence-electron chi connectivity index (χ4n) is 1.50. The molecule has 0 unspecified atom stereocenters. The quantitative estimate of drug-likeness (QED) is 0.544. The molecule has 0 bridgehead atoms. The van der Waals surface area contributed by atoms with Gasteiger partial charge in [-0.1, -0.05) is 0 Å². The first-order valence-electron chi connectivity index (χ1n) is 4.36. The van der Waals surface area contributed by atoms with Gasteiger partial charge in [-0.3, -0.25) is 19.6 Å². The third kappa shape index (κ3) is 1.30. The maximum absolute atomic E-state index is 11.5. The molecule has 0 spiro atoms. The van der Waals surface area contributed by atoms with Gasteiger partial charge in [0, 0.05) is 5.56 Å². The number of aromatic nitrogens is 3. The largest absolute Gasteiger partial charge is 0.327 e. The minimum Gasteiger partial charge on any atom is -0.308 e. The molecular formula is C9H9N3O3. The summed E-state index contributed by atoms with van der Waals surface area (Å²) in [7, 11) is 0. The molecule has 0 fully saturated rings. The summed E-state index contributed by atoms with van der Waals surface area (Å²) in [6, 6.07) is 0. The monoisotopic (exact) mass is 207 g/mol. The average Bonchev–Trinajstić information content (AvgIpc) is 2.13. The Kier molecular flexibility index (Phi) is 1.85. The van der Waals surface area contributed by atoms with Gasteiger partial charge in [0.25, 0.3) is 11.1 Å². The summed E-state index contributed by atoms with van der Waals surface area (Å²) in [4.78, 5) is 40.8. The fraction of sp³-hybridized carbons (Fsp3) is 0.222. The molecule has 6 nitrogen and oxygen atoms in total. The molecule has 2 aromatic rings. The average molecular weight is 207 g/mol. The second-order valence-corrected chi connectivity index (χ2v) is 3.36. The van der Waals surface area contributed by atoms with Gasteiger partial charge in [-0.25, -0.2) is 4.79 Å². The molecule has 0 saturated carbocycles. The van der Waals surface area contributed by atoms with Gasteiger partial charge in [0.15, 0.2) is 0 Å². The molecule has 78 valence electrons. The zero-order valence-electron chi connectivity index (χ0n) is 8.22. The smallest absolute Gasteiger partial charge is 0.308 e. The van der Waals surface area contributed by atoms with Crippen LogP contribution < -0.4 is 16.8 Å². The zero-order chi connectivity index (χ0) is 11.2. The third-order valence-corrected chi connectivity index (χ3v) is 2.46. The number of hydrogen-bond acceptors (Lipinski definition) is 3. The van der Waals surface area contributed by atoms with Crippen molar-refractivity contribution in [3.05, 3.63) is 42.3 Å². The fourth-order valence-corrected chi connectivity index (χ4v) is 1.50. The van der Waals surface area contributed by atoms with Gasteiger partial charge in [-0.05, 0) is 19.4 Å². The zero-order valence-corrected chi connectivity index (χ0v) is 8.22. The van der Waals surface area contributed by atoms with Gasteiger partial charge in [0.05, 0.1) is 5.39 Å². The minimum atomic E-state index is -0.633. The van der Waals surface area contributed by atoms with Crippen LogP contribution in [-0.4, -0.2) is 15.0 Å². The van der Waals surface area contributed by atoms with Crippen LogP contribution in [0.4, 0.5) is 0 Å². The van der Waals surface area contributed by atoms with Gasteiger partial charge in [0.2, 0.25) is 0 Å². The lowest BCUT2D eigenvalue weighted by molar-refractivity contribution is 1.04. The Morgan fingerprint density at radius 1 is 0.800 bits per heavy atom. The van der Waals surface area contributed by atoms with Crippen molar-refractivity contribution in [2.75, 3.05) is 0 Å². The summed E-state index contributed by atoms with van der Waals surface area (Å²) in [5.74, 6) is 0. The molecule has 2 heterocycles. The number of fused-ring (bicyclic) bond motifs is 1. The van der Waals surface area contributed by atoms with Crippen LogP contribution >= 0.6 is 0 Å². The molecular weight excluding hydrogens is 198 g/mol. The van der Waals surface area contributed by atoms with Crippen molar-refractivity contribution in [3.8, 4) is 0 Å². The first-order valence-corrected chi connectivity index (χ1v) is 4.36. The number of rotatable bonds is 0. The maximum Gasteiger partial charge on any atom is 0.327 e. The van der Waals surface area contributed by atoms with E-state index < -0.39 is 11.2 Å². The summed E-state index contributed by atoms with van der Waals surface area (Å²) in [6.07, 6.45) is 0. The van der Waals surface area contributed by atoms with Crippen LogP contribution in [0.2, 0.25) is 0 Å². The topological polar surface area (TPSA) is 98.6 Å². The van der Waals surface area contributed by atoms with E-state index in [9.17, 15) is 14.4 Å². The van der Waals surface area contributed by atoms with Crippen LogP contribution in [0.15, 0.2) is 14.4 Å². The Balaban J connectivity index is 3.20. The van der Waals surface area contributed by atoms with E-state index in [4.69, 9.17) is 0 Å². The van der Waals surface area contributed by atoms with Crippen LogP contribution in [0, 0.1) is 13.8 Å². The molecule has 0 saturated heterocycles. The maximum atomic E-state index is 11.5. The highest BCUT2D eigenvalue weighted by molar-refractivity contribution is 5.77. The Morgan fingerprint density at radius 2 is 1.47 bits per heavy atom. The van der Waals surface area contributed by atoms with Gasteiger partial charge in [-0.2, -0.15) is 0 Å². The summed E-state index contributed by atoms with van der Waals surface area (Å²) >= 11 is 0. The Labute approximate surface area is 83.0 Å². The first-order chi connectivity index (χ1) is 7.00. The number of nitrogens with one attached hydrogen (secondary N) is 3. The lowest BCUT2D eigenvalue weighted by atomic mass is 10.1. The first kappa shape index (κ1) is 9.45. The standard InChI is InChI=1S/C9H9N3O3/c1-3-4(2)7(13)10-6-5(3)8(14)12-9(15)11-6/h1-2H3,(H3,10,11,12,13,14,15). The SMILES string of the molecule is Cc1c(C)c2c(=O)[nH]c(=O)[nH]c2[nH]c1=O. The summed E-state index contributed by atoms with van der Waals surface area (Å²) in [6.45, 7) is 3.29. The summed E-state index contributed by atoms with van der Waals surface area (Å²) in [5.41, 5.74) is -0.221. The molecule has 0 atom stereocenters. The normalized spacial score (nSPS) is 10.8. The van der Waals surface area contributed by atoms with E-state index in [0.717, 1.165) is 0 Å². The second kappa shape index (κ2) is 2.94. The lowest BCUT2D eigenvalue weighted by Gasteiger charge is -2.02. The van der Waals surface area contributed by atoms with Gasteiger partial charge in [0.1, 0.15) is 5.65 Å². The molecule has 0 amide bonds. The molecule has 15 heavy (non-hydrogen) atoms. The highest BCUT2D eigenvalue weighted by Crippen LogP contribution is 2.08. The number of aromatic amines is 3. The predicted octanol–water partition coefficient (Wildman–Crippen LogP) is -0.478. The number of H-pyrrole nitrogens is 3. The Bertz CT molecular complexity index is 705. The molecule has 0 aliphatic heterocycles. The van der Waals surface area contributed by atoms with E-state index in [1.165, 1.54) is 0 Å². The van der Waals surface area contributed by atoms with Crippen molar-refractivity contribution >= 4 is 11.0 Å². The van der Waals surface area contributed by atoms with Crippen LogP contribution in [0.3, 0.4) is 0 Å². The Morgan fingerprint density at radius 3 is 2.13 bits per heavy atom. The Hall–Kier alpha value is -2.11. The van der Waals surface area contributed by atoms with Crippen molar-refractivity contribution in [2.45, 2.75) is 13.8 Å². The van der Waals surface area contributed by atoms with E-state index in [2.05, 4.69) is 15.0 Å². The van der Waals surface area contributed by atoms with Gasteiger partial charge in [-0.15, -0.1) is 0 Å². The van der Waals surface area contributed by atoms with E-state index >= 15 is 0 Å². The van der Waals surface area contributed by atoms with E-state index in [1.54, 1.807) is 13.8 Å². The predicted molar refractivity (Wildman–Crippen MR) is 55.3 cm³/mol. The van der Waals surface area contributed by atoms with Crippen molar-refractivity contribution < 1.29 is 0 Å². The van der Waals surface area contributed by atoms with Crippen molar-refractivity contribution in [1.82, 2.24) is 15.0 Å². The highest BCUT2D eigenvalue weighted by atomic mass is 16.2. The number of pyridine rings is 1. The second-order valence-electron chi connectivity index (χ2n) is 3.36. The molecule has 6 heteroatoms. The molecule has 3 N–H and O–H groups in total. The molecule has 0 radical (unpaired) electrons. The molecule has 0 aliphatic carbocycles. The molecule has 2 aromatic heterocycles. The van der Waals surface area contributed by atoms with E-state index in [0.29, 0.717) is 16.5 Å².